The Morgan fingerprint density at radius 1 is 1.38 bits per heavy atom. The Labute approximate surface area is 96.5 Å². The van der Waals surface area contributed by atoms with Crippen molar-refractivity contribution in [1.82, 2.24) is 5.32 Å². The monoisotopic (exact) mass is 221 g/mol. The van der Waals surface area contributed by atoms with Crippen LogP contribution in [0.1, 0.15) is 31.7 Å². The highest BCUT2D eigenvalue weighted by atomic mass is 16.3. The van der Waals surface area contributed by atoms with Gasteiger partial charge in [-0.3, -0.25) is 4.79 Å². The molecule has 0 aromatic heterocycles. The normalized spacial score (nSPS) is 12.1. The summed E-state index contributed by atoms with van der Waals surface area (Å²) >= 11 is 0. The molecule has 0 spiro atoms. The molecule has 0 radical (unpaired) electrons. The van der Waals surface area contributed by atoms with Crippen molar-refractivity contribution in [1.29, 1.82) is 0 Å². The lowest BCUT2D eigenvalue weighted by atomic mass is 10.1. The van der Waals surface area contributed by atoms with Crippen molar-refractivity contribution in [2.24, 2.45) is 0 Å². The summed E-state index contributed by atoms with van der Waals surface area (Å²) in [5.74, 6) is -0.00338. The summed E-state index contributed by atoms with van der Waals surface area (Å²) in [7, 11) is 0. The topological polar surface area (TPSA) is 49.3 Å². The second-order valence-electron chi connectivity index (χ2n) is 3.86. The number of aliphatic hydroxyl groups excluding tert-OH is 1. The van der Waals surface area contributed by atoms with Gasteiger partial charge in [-0.15, -0.1) is 0 Å². The van der Waals surface area contributed by atoms with E-state index in [2.05, 4.69) is 5.32 Å². The minimum atomic E-state index is -0.359. The van der Waals surface area contributed by atoms with Crippen LogP contribution < -0.4 is 5.32 Å². The first kappa shape index (κ1) is 12.7. The van der Waals surface area contributed by atoms with Crippen molar-refractivity contribution < 1.29 is 9.90 Å². The lowest BCUT2D eigenvalue weighted by Crippen LogP contribution is -2.23. The van der Waals surface area contributed by atoms with Gasteiger partial charge in [-0.2, -0.15) is 0 Å². The molecule has 1 aromatic rings. The zero-order chi connectivity index (χ0) is 11.8. The molecule has 0 unspecified atom stereocenters. The predicted molar refractivity (Wildman–Crippen MR) is 63.8 cm³/mol. The maximum Gasteiger partial charge on any atom is 0.220 e. The average molecular weight is 221 g/mol. The third kappa shape index (κ3) is 4.94. The predicted octanol–water partition coefficient (Wildman–Crippen LogP) is 1.85. The minimum Gasteiger partial charge on any atom is -0.393 e. The number of nitrogens with one attached hydrogen (secondary N) is 1. The van der Waals surface area contributed by atoms with E-state index in [4.69, 9.17) is 0 Å². The summed E-state index contributed by atoms with van der Waals surface area (Å²) in [5.41, 5.74) is 1.09. The average Bonchev–Trinajstić information content (AvgIpc) is 2.34. The van der Waals surface area contributed by atoms with Gasteiger partial charge in [-0.25, -0.2) is 0 Å². The fourth-order valence-electron chi connectivity index (χ4n) is 1.39. The molecule has 0 aliphatic heterocycles. The second-order valence-corrected chi connectivity index (χ2v) is 3.86. The van der Waals surface area contributed by atoms with Gasteiger partial charge in [0.15, 0.2) is 0 Å². The highest BCUT2D eigenvalue weighted by Gasteiger charge is 2.05. The first-order valence-electron chi connectivity index (χ1n) is 5.71. The van der Waals surface area contributed by atoms with E-state index < -0.39 is 0 Å². The van der Waals surface area contributed by atoms with Gasteiger partial charge in [0.1, 0.15) is 0 Å². The summed E-state index contributed by atoms with van der Waals surface area (Å²) < 4.78 is 0. The fourth-order valence-corrected chi connectivity index (χ4v) is 1.39. The van der Waals surface area contributed by atoms with E-state index in [1.165, 1.54) is 0 Å². The molecule has 3 heteroatoms. The Morgan fingerprint density at radius 2 is 2.06 bits per heavy atom. The van der Waals surface area contributed by atoms with Crippen LogP contribution in [0, 0.1) is 0 Å². The summed E-state index contributed by atoms with van der Waals surface area (Å²) in [6, 6.07) is 9.79. The van der Waals surface area contributed by atoms with Gasteiger partial charge >= 0.3 is 0 Å². The van der Waals surface area contributed by atoms with Crippen molar-refractivity contribution in [3.8, 4) is 0 Å². The van der Waals surface area contributed by atoms with Crippen LogP contribution >= 0.6 is 0 Å². The number of benzene rings is 1. The molecule has 1 amide bonds. The number of hydrogen-bond donors (Lipinski definition) is 2. The van der Waals surface area contributed by atoms with Crippen LogP contribution in [-0.2, 0) is 11.3 Å². The van der Waals surface area contributed by atoms with E-state index in [9.17, 15) is 9.90 Å². The van der Waals surface area contributed by atoms with Crippen LogP contribution in [0.4, 0.5) is 0 Å². The lowest BCUT2D eigenvalue weighted by Gasteiger charge is -2.08. The minimum absolute atomic E-state index is 0.00338. The largest absolute Gasteiger partial charge is 0.393 e. The molecule has 0 saturated heterocycles. The molecule has 1 atom stereocenters. The number of hydrogen-bond acceptors (Lipinski definition) is 2. The molecule has 0 fully saturated rings. The Bertz CT molecular complexity index is 311. The summed E-state index contributed by atoms with van der Waals surface area (Å²) in [5, 5.41) is 12.1. The van der Waals surface area contributed by atoms with E-state index in [0.717, 1.165) is 5.56 Å². The molecular formula is C13H19NO2. The van der Waals surface area contributed by atoms with E-state index >= 15 is 0 Å². The number of carbonyl (C=O) groups is 1. The highest BCUT2D eigenvalue weighted by molar-refractivity contribution is 5.75. The molecule has 0 bridgehead atoms. The van der Waals surface area contributed by atoms with Crippen molar-refractivity contribution in [3.63, 3.8) is 0 Å². The molecule has 1 aromatic carbocycles. The maximum absolute atomic E-state index is 11.4. The van der Waals surface area contributed by atoms with Crippen molar-refractivity contribution in [2.45, 2.75) is 38.8 Å². The quantitative estimate of drug-likeness (QED) is 0.770. The third-order valence-corrected chi connectivity index (χ3v) is 2.51. The van der Waals surface area contributed by atoms with E-state index in [1.54, 1.807) is 0 Å². The zero-order valence-electron chi connectivity index (χ0n) is 9.65. The first-order chi connectivity index (χ1) is 7.72. The van der Waals surface area contributed by atoms with Gasteiger partial charge in [-0.05, 0) is 18.4 Å². The van der Waals surface area contributed by atoms with Gasteiger partial charge in [-0.1, -0.05) is 37.3 Å². The molecule has 0 heterocycles. The first-order valence-corrected chi connectivity index (χ1v) is 5.71. The molecule has 16 heavy (non-hydrogen) atoms. The van der Waals surface area contributed by atoms with Crippen LogP contribution in [0.5, 0.6) is 0 Å². The van der Waals surface area contributed by atoms with Crippen LogP contribution in [0.15, 0.2) is 30.3 Å². The Hall–Kier alpha value is -1.35. The maximum atomic E-state index is 11.4. The number of rotatable bonds is 6. The molecular weight excluding hydrogens is 202 g/mol. The van der Waals surface area contributed by atoms with Gasteiger partial charge in [0, 0.05) is 13.0 Å². The standard InChI is InChI=1S/C13H19NO2/c1-2-12(15)8-9-13(16)14-10-11-6-4-3-5-7-11/h3-7,12,15H,2,8-10H2,1H3,(H,14,16)/t12-/m0/s1. The Kier molecular flexibility index (Phi) is 5.57. The zero-order valence-corrected chi connectivity index (χ0v) is 9.65. The van der Waals surface area contributed by atoms with Gasteiger partial charge < -0.3 is 10.4 Å². The molecule has 1 rings (SSSR count). The third-order valence-electron chi connectivity index (χ3n) is 2.51. The van der Waals surface area contributed by atoms with Crippen molar-refractivity contribution in [2.75, 3.05) is 0 Å². The summed E-state index contributed by atoms with van der Waals surface area (Å²) in [6.07, 6.45) is 1.27. The fraction of sp³-hybridized carbons (Fsp3) is 0.462. The van der Waals surface area contributed by atoms with Gasteiger partial charge in [0.05, 0.1) is 6.10 Å². The van der Waals surface area contributed by atoms with E-state index in [-0.39, 0.29) is 12.0 Å². The molecule has 2 N–H and O–H groups in total. The summed E-state index contributed by atoms with van der Waals surface area (Å²) in [6.45, 7) is 2.47. The number of aliphatic hydroxyl groups is 1. The highest BCUT2D eigenvalue weighted by Crippen LogP contribution is 2.02. The second kappa shape index (κ2) is 7.01. The number of amides is 1. The number of carbonyl (C=O) groups excluding carboxylic acids is 1. The lowest BCUT2D eigenvalue weighted by molar-refractivity contribution is -0.121. The van der Waals surface area contributed by atoms with Crippen molar-refractivity contribution >= 4 is 5.91 Å². The molecule has 88 valence electrons. The molecule has 3 nitrogen and oxygen atoms in total. The SMILES string of the molecule is CC[C@H](O)CCC(=O)NCc1ccccc1. The van der Waals surface area contributed by atoms with Gasteiger partial charge in [0.2, 0.25) is 5.91 Å². The van der Waals surface area contributed by atoms with Crippen LogP contribution in [-0.4, -0.2) is 17.1 Å². The van der Waals surface area contributed by atoms with Crippen LogP contribution in [0.2, 0.25) is 0 Å². The van der Waals surface area contributed by atoms with Crippen LogP contribution in [0.25, 0.3) is 0 Å². The molecule has 0 aliphatic carbocycles. The molecule has 0 saturated carbocycles. The van der Waals surface area contributed by atoms with Crippen LogP contribution in [0.3, 0.4) is 0 Å². The van der Waals surface area contributed by atoms with Gasteiger partial charge in [0.25, 0.3) is 0 Å². The van der Waals surface area contributed by atoms with E-state index in [1.807, 2.05) is 37.3 Å². The summed E-state index contributed by atoms with van der Waals surface area (Å²) in [4.78, 5) is 11.4. The Balaban J connectivity index is 2.20. The Morgan fingerprint density at radius 3 is 2.69 bits per heavy atom. The van der Waals surface area contributed by atoms with Crippen molar-refractivity contribution in [3.05, 3.63) is 35.9 Å². The van der Waals surface area contributed by atoms with E-state index in [0.29, 0.717) is 25.8 Å². The smallest absolute Gasteiger partial charge is 0.220 e. The molecule has 0 aliphatic rings.